The van der Waals surface area contributed by atoms with Gasteiger partial charge in [0.2, 0.25) is 0 Å². The molecule has 0 amide bonds. The molecule has 7 nitrogen and oxygen atoms in total. The van der Waals surface area contributed by atoms with Gasteiger partial charge < -0.3 is 23.5 Å². The highest BCUT2D eigenvalue weighted by atomic mass is 16.7. The van der Waals surface area contributed by atoms with Gasteiger partial charge in [0.05, 0.1) is 24.3 Å². The molecule has 0 saturated carbocycles. The van der Waals surface area contributed by atoms with E-state index < -0.39 is 5.97 Å². The Bertz CT molecular complexity index is 1110. The zero-order valence-corrected chi connectivity index (χ0v) is 18.2. The molecule has 0 spiro atoms. The van der Waals surface area contributed by atoms with Gasteiger partial charge in [0, 0.05) is 30.4 Å². The number of nitriles is 1. The van der Waals surface area contributed by atoms with Crippen LogP contribution in [0.2, 0.25) is 0 Å². The van der Waals surface area contributed by atoms with E-state index in [-0.39, 0.29) is 13.4 Å². The lowest BCUT2D eigenvalue weighted by Crippen LogP contribution is -2.10. The lowest BCUT2D eigenvalue weighted by atomic mass is 10.1. The Hall–Kier alpha value is -3.50. The summed E-state index contributed by atoms with van der Waals surface area (Å²) in [7, 11) is 1.51. The van der Waals surface area contributed by atoms with Gasteiger partial charge in [-0.2, -0.15) is 5.26 Å². The number of nitrogens with zero attached hydrogens (tertiary/aromatic N) is 2. The quantitative estimate of drug-likeness (QED) is 0.367. The van der Waals surface area contributed by atoms with Gasteiger partial charge >= 0.3 is 5.97 Å². The Morgan fingerprint density at radius 3 is 2.65 bits per heavy atom. The molecule has 3 aromatic rings. The minimum atomic E-state index is -0.470. The summed E-state index contributed by atoms with van der Waals surface area (Å²) in [5, 5.41) is 10.4. The first kappa shape index (κ1) is 22.2. The van der Waals surface area contributed by atoms with Crippen molar-refractivity contribution < 1.29 is 23.7 Å². The van der Waals surface area contributed by atoms with Crippen molar-refractivity contribution in [3.63, 3.8) is 0 Å². The van der Waals surface area contributed by atoms with Crippen LogP contribution in [-0.4, -0.2) is 37.7 Å². The van der Waals surface area contributed by atoms with E-state index in [0.717, 1.165) is 22.3 Å². The van der Waals surface area contributed by atoms with Crippen LogP contribution in [0.1, 0.15) is 36.7 Å². The maximum atomic E-state index is 12.3. The first-order valence-electron chi connectivity index (χ1n) is 10.1. The molecular weight excluding hydrogens is 396 g/mol. The second kappa shape index (κ2) is 10.0. The van der Waals surface area contributed by atoms with Gasteiger partial charge in [-0.3, -0.25) is 0 Å². The van der Waals surface area contributed by atoms with Gasteiger partial charge in [-0.25, -0.2) is 4.79 Å². The number of carbonyl (C=O) groups excluding carboxylic acids is 1. The molecule has 0 atom stereocenters. The zero-order valence-electron chi connectivity index (χ0n) is 18.2. The molecule has 7 heteroatoms. The summed E-state index contributed by atoms with van der Waals surface area (Å²) in [5.74, 6) is 0.994. The number of rotatable bonds is 9. The average Bonchev–Trinajstić information content (AvgIpc) is 3.14. The summed E-state index contributed by atoms with van der Waals surface area (Å²) in [6, 6.07) is 13.1. The summed E-state index contributed by atoms with van der Waals surface area (Å²) in [6.45, 7) is 6.76. The van der Waals surface area contributed by atoms with Gasteiger partial charge in [-0.1, -0.05) is 13.8 Å². The monoisotopic (exact) mass is 422 g/mol. The number of aromatic nitrogens is 1. The van der Waals surface area contributed by atoms with Crippen molar-refractivity contribution >= 4 is 16.9 Å². The van der Waals surface area contributed by atoms with E-state index in [1.807, 2.05) is 22.8 Å². The fourth-order valence-corrected chi connectivity index (χ4v) is 3.14. The highest BCUT2D eigenvalue weighted by Crippen LogP contribution is 2.31. The Morgan fingerprint density at radius 1 is 1.16 bits per heavy atom. The van der Waals surface area contributed by atoms with E-state index in [4.69, 9.17) is 18.9 Å². The largest absolute Gasteiger partial charge is 0.493 e. The van der Waals surface area contributed by atoms with Crippen LogP contribution in [0.25, 0.3) is 16.6 Å². The van der Waals surface area contributed by atoms with E-state index in [2.05, 4.69) is 19.9 Å². The first-order valence-corrected chi connectivity index (χ1v) is 10.1. The number of hydrogen-bond acceptors (Lipinski definition) is 6. The van der Waals surface area contributed by atoms with Crippen molar-refractivity contribution in [3.05, 3.63) is 53.7 Å². The molecular formula is C24H26N2O5. The second-order valence-corrected chi connectivity index (χ2v) is 7.36. The highest BCUT2D eigenvalue weighted by molar-refractivity contribution is 5.93. The Morgan fingerprint density at radius 2 is 1.97 bits per heavy atom. The summed E-state index contributed by atoms with van der Waals surface area (Å²) >= 11 is 0. The molecule has 0 radical (unpaired) electrons. The minimum Gasteiger partial charge on any atom is -0.493 e. The fourth-order valence-electron chi connectivity index (χ4n) is 3.14. The molecule has 0 aliphatic rings. The maximum Gasteiger partial charge on any atom is 0.341 e. The molecule has 0 aliphatic carbocycles. The third-order valence-electron chi connectivity index (χ3n) is 4.55. The minimum absolute atomic E-state index is 0.0116. The number of hydrogen-bond donors (Lipinski definition) is 0. The van der Waals surface area contributed by atoms with Crippen LogP contribution in [0.4, 0.5) is 0 Å². The standard InChI is InChI=1S/C24H26N2O5/c1-5-29-24(27)20-8-6-18(10-23(20)31-15-28-4)26-13-17(12-25)21-11-19(7-9-22(21)26)30-14-16(2)3/h6-11,13,16H,5,14-15H2,1-4H3. The molecule has 0 fully saturated rings. The molecule has 0 bridgehead atoms. The lowest BCUT2D eigenvalue weighted by Gasteiger charge is -2.13. The van der Waals surface area contributed by atoms with Crippen molar-refractivity contribution in [1.82, 2.24) is 4.57 Å². The number of carbonyl (C=O) groups is 1. The number of methoxy groups -OCH3 is 1. The molecule has 0 saturated heterocycles. The molecule has 1 aromatic heterocycles. The van der Waals surface area contributed by atoms with E-state index in [1.54, 1.807) is 31.3 Å². The average molecular weight is 422 g/mol. The highest BCUT2D eigenvalue weighted by Gasteiger charge is 2.17. The fraction of sp³-hybridized carbons (Fsp3) is 0.333. The van der Waals surface area contributed by atoms with Crippen molar-refractivity contribution in [1.29, 1.82) is 5.26 Å². The van der Waals surface area contributed by atoms with Crippen molar-refractivity contribution in [2.24, 2.45) is 5.92 Å². The molecule has 0 aliphatic heterocycles. The van der Waals surface area contributed by atoms with Crippen LogP contribution in [0.15, 0.2) is 42.6 Å². The van der Waals surface area contributed by atoms with Gasteiger partial charge in [0.1, 0.15) is 23.1 Å². The molecule has 2 aromatic carbocycles. The second-order valence-electron chi connectivity index (χ2n) is 7.36. The van der Waals surface area contributed by atoms with Crippen LogP contribution < -0.4 is 9.47 Å². The molecule has 3 rings (SSSR count). The number of benzene rings is 2. The van der Waals surface area contributed by atoms with E-state index in [9.17, 15) is 10.1 Å². The first-order chi connectivity index (χ1) is 15.0. The zero-order chi connectivity index (χ0) is 22.4. The number of fused-ring (bicyclic) bond motifs is 1. The summed E-state index contributed by atoms with van der Waals surface area (Å²) in [6.07, 6.45) is 1.76. The van der Waals surface area contributed by atoms with Gasteiger partial charge in [0.25, 0.3) is 0 Å². The normalized spacial score (nSPS) is 10.8. The molecule has 0 unspecified atom stereocenters. The summed E-state index contributed by atoms with van der Waals surface area (Å²) in [5.41, 5.74) is 2.42. The SMILES string of the molecule is CCOC(=O)c1ccc(-n2cc(C#N)c3cc(OCC(C)C)ccc32)cc1OCOC. The third kappa shape index (κ3) is 4.98. The van der Waals surface area contributed by atoms with Gasteiger partial charge in [0.15, 0.2) is 6.79 Å². The van der Waals surface area contributed by atoms with Crippen LogP contribution in [0.3, 0.4) is 0 Å². The number of esters is 1. The number of ether oxygens (including phenoxy) is 4. The Balaban J connectivity index is 2.06. The smallest absolute Gasteiger partial charge is 0.341 e. The van der Waals surface area contributed by atoms with E-state index in [1.165, 1.54) is 7.11 Å². The molecule has 1 heterocycles. The molecule has 162 valence electrons. The van der Waals surface area contributed by atoms with Crippen LogP contribution in [0, 0.1) is 17.2 Å². The maximum absolute atomic E-state index is 12.3. The Kier molecular flexibility index (Phi) is 7.16. The Labute approximate surface area is 181 Å². The molecule has 0 N–H and O–H groups in total. The summed E-state index contributed by atoms with van der Waals surface area (Å²) < 4.78 is 23.4. The van der Waals surface area contributed by atoms with Gasteiger partial charge in [-0.05, 0) is 43.2 Å². The van der Waals surface area contributed by atoms with Crippen LogP contribution in [-0.2, 0) is 9.47 Å². The third-order valence-corrected chi connectivity index (χ3v) is 4.55. The lowest BCUT2D eigenvalue weighted by molar-refractivity contribution is 0.0438. The van der Waals surface area contributed by atoms with Crippen molar-refractivity contribution in [2.45, 2.75) is 20.8 Å². The van der Waals surface area contributed by atoms with Crippen molar-refractivity contribution in [2.75, 3.05) is 27.1 Å². The van der Waals surface area contributed by atoms with Gasteiger partial charge in [-0.15, -0.1) is 0 Å². The van der Waals surface area contributed by atoms with Crippen molar-refractivity contribution in [3.8, 4) is 23.3 Å². The predicted molar refractivity (Wildman–Crippen MR) is 117 cm³/mol. The summed E-state index contributed by atoms with van der Waals surface area (Å²) in [4.78, 5) is 12.3. The topological polar surface area (TPSA) is 82.7 Å². The predicted octanol–water partition coefficient (Wildman–Crippen LogP) is 4.70. The van der Waals surface area contributed by atoms with E-state index >= 15 is 0 Å². The van der Waals surface area contributed by atoms with Crippen LogP contribution in [0.5, 0.6) is 11.5 Å². The van der Waals surface area contributed by atoms with Crippen LogP contribution >= 0.6 is 0 Å². The molecule has 31 heavy (non-hydrogen) atoms. The van der Waals surface area contributed by atoms with E-state index in [0.29, 0.717) is 29.4 Å².